The van der Waals surface area contributed by atoms with Crippen LogP contribution in [-0.2, 0) is 21.4 Å². The van der Waals surface area contributed by atoms with Gasteiger partial charge in [0.05, 0.1) is 6.26 Å². The Morgan fingerprint density at radius 3 is 2.78 bits per heavy atom. The number of aromatic nitrogens is 2. The maximum absolute atomic E-state index is 12.4. The van der Waals surface area contributed by atoms with E-state index in [0.717, 1.165) is 19.1 Å². The van der Waals surface area contributed by atoms with E-state index >= 15 is 0 Å². The molecular formula is C14H22N4O4S. The van der Waals surface area contributed by atoms with E-state index in [9.17, 15) is 18.0 Å². The Morgan fingerprint density at radius 1 is 1.43 bits per heavy atom. The fraction of sp³-hybridized carbons (Fsp3) is 0.643. The lowest BCUT2D eigenvalue weighted by Crippen LogP contribution is -2.41. The van der Waals surface area contributed by atoms with Gasteiger partial charge in [-0.25, -0.2) is 22.9 Å². The normalized spacial score (nSPS) is 21.6. The van der Waals surface area contributed by atoms with Crippen LogP contribution in [-0.4, -0.2) is 54.2 Å². The zero-order valence-electron chi connectivity index (χ0n) is 13.3. The maximum atomic E-state index is 12.4. The second kappa shape index (κ2) is 7.22. The van der Waals surface area contributed by atoms with Gasteiger partial charge in [-0.15, -0.1) is 0 Å². The topological polar surface area (TPSA) is 101 Å². The van der Waals surface area contributed by atoms with Crippen molar-refractivity contribution in [3.8, 4) is 0 Å². The molecule has 0 spiro atoms. The third kappa shape index (κ3) is 4.87. The van der Waals surface area contributed by atoms with Gasteiger partial charge in [0.15, 0.2) is 0 Å². The zero-order valence-corrected chi connectivity index (χ0v) is 14.1. The van der Waals surface area contributed by atoms with Crippen LogP contribution in [0.4, 0.5) is 0 Å². The molecule has 1 N–H and O–H groups in total. The van der Waals surface area contributed by atoms with Gasteiger partial charge in [-0.3, -0.25) is 9.36 Å². The van der Waals surface area contributed by atoms with Gasteiger partial charge in [0.1, 0.15) is 6.54 Å². The van der Waals surface area contributed by atoms with Gasteiger partial charge < -0.3 is 4.90 Å². The van der Waals surface area contributed by atoms with E-state index in [1.165, 1.54) is 17.0 Å². The van der Waals surface area contributed by atoms with Crippen molar-refractivity contribution in [2.24, 2.45) is 5.92 Å². The first-order valence-corrected chi connectivity index (χ1v) is 9.46. The minimum Gasteiger partial charge on any atom is -0.339 e. The molecule has 1 aliphatic rings. The molecule has 0 unspecified atom stereocenters. The molecule has 1 saturated heterocycles. The van der Waals surface area contributed by atoms with Crippen LogP contribution in [0, 0.1) is 5.92 Å². The molecule has 1 amide bonds. The van der Waals surface area contributed by atoms with Crippen LogP contribution in [0.15, 0.2) is 23.3 Å². The Bertz CT molecular complexity index is 715. The number of amides is 1. The van der Waals surface area contributed by atoms with Crippen LogP contribution in [0.5, 0.6) is 0 Å². The number of hydrogen-bond donors (Lipinski definition) is 1. The summed E-state index contributed by atoms with van der Waals surface area (Å²) in [5.41, 5.74) is -0.476. The molecule has 9 heteroatoms. The predicted octanol–water partition coefficient (Wildman–Crippen LogP) is -0.580. The quantitative estimate of drug-likeness (QED) is 0.745. The van der Waals surface area contributed by atoms with Gasteiger partial charge in [0, 0.05) is 31.5 Å². The van der Waals surface area contributed by atoms with Gasteiger partial charge in [-0.2, -0.15) is 0 Å². The van der Waals surface area contributed by atoms with Crippen molar-refractivity contribution in [3.05, 3.63) is 28.9 Å². The predicted molar refractivity (Wildman–Crippen MR) is 85.2 cm³/mol. The van der Waals surface area contributed by atoms with Crippen LogP contribution in [0.1, 0.15) is 19.8 Å². The van der Waals surface area contributed by atoms with Gasteiger partial charge in [0.2, 0.25) is 15.9 Å². The summed E-state index contributed by atoms with van der Waals surface area (Å²) in [4.78, 5) is 29.2. The fourth-order valence-corrected chi connectivity index (χ4v) is 3.72. The monoisotopic (exact) mass is 342 g/mol. The van der Waals surface area contributed by atoms with Crippen LogP contribution in [0.2, 0.25) is 0 Å². The first-order valence-electron chi connectivity index (χ1n) is 7.56. The number of carbonyl (C=O) groups is 1. The molecule has 128 valence electrons. The summed E-state index contributed by atoms with van der Waals surface area (Å²) in [6, 6.07) is 1.31. The van der Waals surface area contributed by atoms with Crippen molar-refractivity contribution in [3.63, 3.8) is 0 Å². The van der Waals surface area contributed by atoms with E-state index in [2.05, 4.69) is 9.71 Å². The van der Waals surface area contributed by atoms with E-state index < -0.39 is 15.7 Å². The maximum Gasteiger partial charge on any atom is 0.347 e. The van der Waals surface area contributed by atoms with E-state index in [4.69, 9.17) is 0 Å². The SMILES string of the molecule is CCC[C@@H]1CN(C(=O)Cn2cccnc2=O)C[C@H]1NS(C)(=O)=O. The number of nitrogens with one attached hydrogen (secondary N) is 1. The molecule has 0 aliphatic carbocycles. The summed E-state index contributed by atoms with van der Waals surface area (Å²) >= 11 is 0. The molecule has 2 rings (SSSR count). The summed E-state index contributed by atoms with van der Waals surface area (Å²) in [7, 11) is -3.33. The molecule has 0 aromatic carbocycles. The molecule has 1 aromatic heterocycles. The van der Waals surface area contributed by atoms with Crippen molar-refractivity contribution in [1.29, 1.82) is 0 Å². The highest BCUT2D eigenvalue weighted by molar-refractivity contribution is 7.88. The first kappa shape index (κ1) is 17.6. The van der Waals surface area contributed by atoms with Crippen molar-refractivity contribution >= 4 is 15.9 Å². The highest BCUT2D eigenvalue weighted by atomic mass is 32.2. The largest absolute Gasteiger partial charge is 0.347 e. The molecule has 23 heavy (non-hydrogen) atoms. The summed E-state index contributed by atoms with van der Waals surface area (Å²) in [6.45, 7) is 2.76. The molecule has 0 bridgehead atoms. The summed E-state index contributed by atoms with van der Waals surface area (Å²) < 4.78 is 26.8. The van der Waals surface area contributed by atoms with Crippen molar-refractivity contribution < 1.29 is 13.2 Å². The molecular weight excluding hydrogens is 320 g/mol. The van der Waals surface area contributed by atoms with Gasteiger partial charge in [0.25, 0.3) is 0 Å². The minimum atomic E-state index is -3.33. The Balaban J connectivity index is 2.07. The first-order chi connectivity index (χ1) is 10.8. The highest BCUT2D eigenvalue weighted by Gasteiger charge is 2.36. The molecule has 2 heterocycles. The molecule has 1 aromatic rings. The summed E-state index contributed by atoms with van der Waals surface area (Å²) in [5, 5.41) is 0. The molecule has 1 aliphatic heterocycles. The van der Waals surface area contributed by atoms with Crippen LogP contribution in [0.25, 0.3) is 0 Å². The van der Waals surface area contributed by atoms with Gasteiger partial charge >= 0.3 is 5.69 Å². The van der Waals surface area contributed by atoms with Gasteiger partial charge in [-0.1, -0.05) is 13.3 Å². The second-order valence-corrected chi connectivity index (χ2v) is 7.65. The number of carbonyl (C=O) groups excluding carboxylic acids is 1. The third-order valence-corrected chi connectivity index (χ3v) is 4.64. The number of likely N-dealkylation sites (tertiary alicyclic amines) is 1. The zero-order chi connectivity index (χ0) is 17.0. The Labute approximate surface area is 135 Å². The van der Waals surface area contributed by atoms with E-state index in [1.807, 2.05) is 6.92 Å². The average Bonchev–Trinajstić information content (AvgIpc) is 2.83. The van der Waals surface area contributed by atoms with E-state index in [-0.39, 0.29) is 24.4 Å². The smallest absolute Gasteiger partial charge is 0.339 e. The van der Waals surface area contributed by atoms with Crippen molar-refractivity contribution in [2.45, 2.75) is 32.4 Å². The molecule has 0 radical (unpaired) electrons. The average molecular weight is 342 g/mol. The minimum absolute atomic E-state index is 0.0862. The summed E-state index contributed by atoms with van der Waals surface area (Å²) in [6.07, 6.45) is 5.76. The van der Waals surface area contributed by atoms with Gasteiger partial charge in [-0.05, 0) is 18.4 Å². The Hall–Kier alpha value is -1.74. The van der Waals surface area contributed by atoms with Crippen molar-refractivity contribution in [1.82, 2.24) is 19.2 Å². The van der Waals surface area contributed by atoms with Crippen LogP contribution >= 0.6 is 0 Å². The molecule has 8 nitrogen and oxygen atoms in total. The molecule has 0 saturated carbocycles. The highest BCUT2D eigenvalue weighted by Crippen LogP contribution is 2.22. The van der Waals surface area contributed by atoms with E-state index in [1.54, 1.807) is 11.0 Å². The fourth-order valence-electron chi connectivity index (χ4n) is 2.90. The number of nitrogens with zero attached hydrogens (tertiary/aromatic N) is 3. The lowest BCUT2D eigenvalue weighted by atomic mass is 9.99. The molecule has 1 fully saturated rings. The number of rotatable bonds is 6. The third-order valence-electron chi connectivity index (χ3n) is 3.91. The standard InChI is InChI=1S/C14H22N4O4S/c1-3-5-11-8-18(9-12(11)16-23(2,21)22)13(19)10-17-7-4-6-15-14(17)20/h4,6-7,11-12,16H,3,5,8-10H2,1-2H3/t11-,12-/m1/s1. The second-order valence-electron chi connectivity index (χ2n) is 5.87. The lowest BCUT2D eigenvalue weighted by Gasteiger charge is -2.17. The Kier molecular flexibility index (Phi) is 5.53. The number of sulfonamides is 1. The van der Waals surface area contributed by atoms with Crippen molar-refractivity contribution in [2.75, 3.05) is 19.3 Å². The lowest BCUT2D eigenvalue weighted by molar-refractivity contribution is -0.131. The van der Waals surface area contributed by atoms with Crippen LogP contribution < -0.4 is 10.4 Å². The van der Waals surface area contributed by atoms with E-state index in [0.29, 0.717) is 13.1 Å². The molecule has 2 atom stereocenters. The number of hydrogen-bond acceptors (Lipinski definition) is 5. The van der Waals surface area contributed by atoms with Crippen LogP contribution in [0.3, 0.4) is 0 Å². The summed E-state index contributed by atoms with van der Waals surface area (Å²) in [5.74, 6) is -0.122. The Morgan fingerprint density at radius 2 is 2.17 bits per heavy atom.